The first kappa shape index (κ1) is 11.8. The molecule has 1 amide bonds. The van der Waals surface area contributed by atoms with E-state index in [9.17, 15) is 9.59 Å². The minimum absolute atomic E-state index is 0.0369. The molecule has 0 aliphatic heterocycles. The van der Waals surface area contributed by atoms with E-state index in [-0.39, 0.29) is 24.3 Å². The summed E-state index contributed by atoms with van der Waals surface area (Å²) in [7, 11) is 0. The summed E-state index contributed by atoms with van der Waals surface area (Å²) in [5, 5.41) is 0. The third-order valence-electron chi connectivity index (χ3n) is 2.21. The molecule has 0 saturated heterocycles. The van der Waals surface area contributed by atoms with Gasteiger partial charge in [-0.15, -0.1) is 6.58 Å². The van der Waals surface area contributed by atoms with Gasteiger partial charge in [0.1, 0.15) is 6.54 Å². The van der Waals surface area contributed by atoms with E-state index in [0.29, 0.717) is 13.2 Å². The first-order valence-electron chi connectivity index (χ1n) is 5.24. The van der Waals surface area contributed by atoms with Crippen LogP contribution >= 0.6 is 0 Å². The number of hydrogen-bond acceptors (Lipinski definition) is 3. The van der Waals surface area contributed by atoms with E-state index in [1.165, 1.54) is 4.90 Å². The van der Waals surface area contributed by atoms with Gasteiger partial charge in [-0.25, -0.2) is 0 Å². The van der Waals surface area contributed by atoms with Gasteiger partial charge in [0.05, 0.1) is 6.61 Å². The van der Waals surface area contributed by atoms with E-state index >= 15 is 0 Å². The number of rotatable bonds is 6. The van der Waals surface area contributed by atoms with Gasteiger partial charge in [0.15, 0.2) is 0 Å². The number of ether oxygens (including phenoxy) is 1. The highest BCUT2D eigenvalue weighted by Gasteiger charge is 2.33. The Kier molecular flexibility index (Phi) is 4.34. The zero-order valence-corrected chi connectivity index (χ0v) is 9.07. The van der Waals surface area contributed by atoms with Gasteiger partial charge < -0.3 is 9.64 Å². The second-order valence-electron chi connectivity index (χ2n) is 3.59. The summed E-state index contributed by atoms with van der Waals surface area (Å²) in [6.07, 6.45) is 3.50. The fraction of sp³-hybridized carbons (Fsp3) is 0.636. The van der Waals surface area contributed by atoms with Gasteiger partial charge in [-0.1, -0.05) is 6.08 Å². The maximum Gasteiger partial charge on any atom is 0.325 e. The van der Waals surface area contributed by atoms with Crippen molar-refractivity contribution in [1.29, 1.82) is 0 Å². The SMILES string of the molecule is C=CCN(CC(=O)OCC)C(=O)C1CC1. The number of carbonyl (C=O) groups excluding carboxylic acids is 2. The molecule has 0 aromatic carbocycles. The molecule has 4 nitrogen and oxygen atoms in total. The number of amides is 1. The summed E-state index contributed by atoms with van der Waals surface area (Å²) in [6, 6.07) is 0. The fourth-order valence-electron chi connectivity index (χ4n) is 1.34. The predicted octanol–water partition coefficient (Wildman–Crippen LogP) is 0.974. The minimum Gasteiger partial charge on any atom is -0.465 e. The molecule has 1 rings (SSSR count). The number of hydrogen-bond donors (Lipinski definition) is 0. The topological polar surface area (TPSA) is 46.6 Å². The Balaban J connectivity index is 2.45. The maximum atomic E-state index is 11.7. The van der Waals surface area contributed by atoms with Crippen LogP contribution in [0, 0.1) is 5.92 Å². The number of nitrogens with zero attached hydrogens (tertiary/aromatic N) is 1. The molecule has 0 aromatic rings. The van der Waals surface area contributed by atoms with Crippen LogP contribution in [0.15, 0.2) is 12.7 Å². The lowest BCUT2D eigenvalue weighted by Gasteiger charge is -2.19. The highest BCUT2D eigenvalue weighted by molar-refractivity contribution is 5.85. The highest BCUT2D eigenvalue weighted by Crippen LogP contribution is 2.30. The zero-order valence-electron chi connectivity index (χ0n) is 9.07. The lowest BCUT2D eigenvalue weighted by molar-refractivity contribution is -0.149. The molecule has 0 bridgehead atoms. The Morgan fingerprint density at radius 2 is 2.20 bits per heavy atom. The molecule has 0 atom stereocenters. The molecule has 0 spiro atoms. The molecular weight excluding hydrogens is 194 g/mol. The molecule has 1 aliphatic rings. The summed E-state index contributed by atoms with van der Waals surface area (Å²) in [5.74, 6) is -0.185. The van der Waals surface area contributed by atoms with Gasteiger partial charge in [0.2, 0.25) is 5.91 Å². The first-order chi connectivity index (χ1) is 7.19. The van der Waals surface area contributed by atoms with Gasteiger partial charge in [-0.3, -0.25) is 9.59 Å². The lowest BCUT2D eigenvalue weighted by atomic mass is 10.3. The Bertz CT molecular complexity index is 259. The van der Waals surface area contributed by atoms with Crippen molar-refractivity contribution in [2.45, 2.75) is 19.8 Å². The summed E-state index contributed by atoms with van der Waals surface area (Å²) in [5.41, 5.74) is 0. The summed E-state index contributed by atoms with van der Waals surface area (Å²) >= 11 is 0. The van der Waals surface area contributed by atoms with E-state index in [1.54, 1.807) is 13.0 Å². The van der Waals surface area contributed by atoms with Crippen molar-refractivity contribution in [1.82, 2.24) is 4.90 Å². The third kappa shape index (κ3) is 3.73. The van der Waals surface area contributed by atoms with Gasteiger partial charge in [0, 0.05) is 12.5 Å². The molecular formula is C11H17NO3. The summed E-state index contributed by atoms with van der Waals surface area (Å²) in [6.45, 7) is 6.11. The van der Waals surface area contributed by atoms with Crippen LogP contribution in [0.3, 0.4) is 0 Å². The van der Waals surface area contributed by atoms with Crippen LogP contribution in [0.4, 0.5) is 0 Å². The van der Waals surface area contributed by atoms with E-state index < -0.39 is 0 Å². The van der Waals surface area contributed by atoms with E-state index in [0.717, 1.165) is 12.8 Å². The zero-order chi connectivity index (χ0) is 11.3. The minimum atomic E-state index is -0.353. The van der Waals surface area contributed by atoms with Crippen molar-refractivity contribution in [3.05, 3.63) is 12.7 Å². The highest BCUT2D eigenvalue weighted by atomic mass is 16.5. The normalized spacial score (nSPS) is 14.5. The van der Waals surface area contributed by atoms with Crippen LogP contribution in [0.2, 0.25) is 0 Å². The average Bonchev–Trinajstić information content (AvgIpc) is 2.99. The fourth-order valence-corrected chi connectivity index (χ4v) is 1.34. The van der Waals surface area contributed by atoms with Crippen molar-refractivity contribution in [3.63, 3.8) is 0 Å². The van der Waals surface area contributed by atoms with E-state index in [1.807, 2.05) is 0 Å². The summed E-state index contributed by atoms with van der Waals surface area (Å²) < 4.78 is 4.80. The van der Waals surface area contributed by atoms with Crippen molar-refractivity contribution >= 4 is 11.9 Å². The molecule has 4 heteroatoms. The van der Waals surface area contributed by atoms with Gasteiger partial charge in [0.25, 0.3) is 0 Å². The van der Waals surface area contributed by atoms with Crippen LogP contribution in [-0.2, 0) is 14.3 Å². The molecule has 84 valence electrons. The maximum absolute atomic E-state index is 11.7. The first-order valence-corrected chi connectivity index (χ1v) is 5.24. The second-order valence-corrected chi connectivity index (χ2v) is 3.59. The van der Waals surface area contributed by atoms with Crippen LogP contribution in [-0.4, -0.2) is 36.5 Å². The Morgan fingerprint density at radius 3 is 2.67 bits per heavy atom. The van der Waals surface area contributed by atoms with Crippen molar-refractivity contribution < 1.29 is 14.3 Å². The van der Waals surface area contributed by atoms with Crippen LogP contribution in [0.5, 0.6) is 0 Å². The molecule has 1 saturated carbocycles. The molecule has 15 heavy (non-hydrogen) atoms. The standard InChI is InChI=1S/C11H17NO3/c1-3-7-12(8-10(13)15-4-2)11(14)9-5-6-9/h3,9H,1,4-8H2,2H3. The van der Waals surface area contributed by atoms with Gasteiger partial charge in [-0.05, 0) is 19.8 Å². The van der Waals surface area contributed by atoms with E-state index in [2.05, 4.69) is 6.58 Å². The second kappa shape index (κ2) is 5.53. The molecule has 0 unspecified atom stereocenters. The van der Waals surface area contributed by atoms with E-state index in [4.69, 9.17) is 4.74 Å². The molecule has 0 radical (unpaired) electrons. The Labute approximate surface area is 89.9 Å². The molecule has 1 fully saturated rings. The van der Waals surface area contributed by atoms with Crippen LogP contribution < -0.4 is 0 Å². The Hall–Kier alpha value is -1.32. The molecule has 0 heterocycles. The largest absolute Gasteiger partial charge is 0.465 e. The van der Waals surface area contributed by atoms with Gasteiger partial charge >= 0.3 is 5.97 Å². The number of carbonyl (C=O) groups is 2. The lowest BCUT2D eigenvalue weighted by Crippen LogP contribution is -2.37. The van der Waals surface area contributed by atoms with Crippen LogP contribution in [0.25, 0.3) is 0 Å². The van der Waals surface area contributed by atoms with Crippen molar-refractivity contribution in [2.75, 3.05) is 19.7 Å². The third-order valence-corrected chi connectivity index (χ3v) is 2.21. The molecule has 0 aromatic heterocycles. The monoisotopic (exact) mass is 211 g/mol. The Morgan fingerprint density at radius 1 is 1.53 bits per heavy atom. The average molecular weight is 211 g/mol. The van der Waals surface area contributed by atoms with Crippen LogP contribution in [0.1, 0.15) is 19.8 Å². The molecule has 0 N–H and O–H groups in total. The summed E-state index contributed by atoms with van der Waals surface area (Å²) in [4.78, 5) is 24.4. The van der Waals surface area contributed by atoms with Crippen molar-refractivity contribution in [3.8, 4) is 0 Å². The van der Waals surface area contributed by atoms with Crippen molar-refractivity contribution in [2.24, 2.45) is 5.92 Å². The predicted molar refractivity (Wildman–Crippen MR) is 56.1 cm³/mol. The molecule has 1 aliphatic carbocycles. The van der Waals surface area contributed by atoms with Gasteiger partial charge in [-0.2, -0.15) is 0 Å². The quantitative estimate of drug-likeness (QED) is 0.486. The smallest absolute Gasteiger partial charge is 0.325 e. The number of esters is 1.